The van der Waals surface area contributed by atoms with Crippen molar-refractivity contribution in [3.05, 3.63) is 0 Å². The first-order valence-electron chi connectivity index (χ1n) is 7.55. The molecule has 0 fully saturated rings. The van der Waals surface area contributed by atoms with Gasteiger partial charge in [-0.3, -0.25) is 0 Å². The summed E-state index contributed by atoms with van der Waals surface area (Å²) < 4.78 is 25.7. The van der Waals surface area contributed by atoms with Gasteiger partial charge in [0.1, 0.15) is 18.3 Å². The molecule has 0 aromatic heterocycles. The molecule has 9 heteroatoms. The van der Waals surface area contributed by atoms with Crippen LogP contribution in [0.3, 0.4) is 0 Å². The van der Waals surface area contributed by atoms with Gasteiger partial charge < -0.3 is 44.1 Å². The summed E-state index contributed by atoms with van der Waals surface area (Å²) in [6, 6.07) is 0. The van der Waals surface area contributed by atoms with Crippen LogP contribution in [0, 0.1) is 0 Å². The van der Waals surface area contributed by atoms with E-state index in [1.807, 2.05) is 0 Å². The van der Waals surface area contributed by atoms with Gasteiger partial charge in [0, 0.05) is 7.11 Å². The van der Waals surface area contributed by atoms with E-state index in [0.717, 1.165) is 0 Å². The maximum atomic E-state index is 9.69. The van der Waals surface area contributed by atoms with Crippen LogP contribution in [-0.4, -0.2) is 112 Å². The average molecular weight is 342 g/mol. The summed E-state index contributed by atoms with van der Waals surface area (Å²) in [5.74, 6) is 0. The van der Waals surface area contributed by atoms with Crippen LogP contribution in [0.15, 0.2) is 0 Å². The van der Waals surface area contributed by atoms with Crippen molar-refractivity contribution in [2.24, 2.45) is 0 Å². The maximum Gasteiger partial charge on any atom is 0.104 e. The number of hydrogen-bond acceptors (Lipinski definition) is 9. The van der Waals surface area contributed by atoms with Gasteiger partial charge >= 0.3 is 0 Å². The topological polar surface area (TPSA) is 127 Å². The lowest BCUT2D eigenvalue weighted by molar-refractivity contribution is -0.0911. The third-order valence-corrected chi connectivity index (χ3v) is 2.58. The normalized spacial score (nSPS) is 15.5. The number of hydrogen-bond donors (Lipinski definition) is 4. The predicted octanol–water partition coefficient (Wildman–Crippen LogP) is -2.23. The van der Waals surface area contributed by atoms with Gasteiger partial charge in [0.05, 0.1) is 66.1 Å². The molecule has 0 aromatic carbocycles. The van der Waals surface area contributed by atoms with E-state index in [0.29, 0.717) is 0 Å². The summed E-state index contributed by atoms with van der Waals surface area (Å²) in [7, 11) is 1.48. The minimum atomic E-state index is -0.832. The van der Waals surface area contributed by atoms with E-state index in [-0.39, 0.29) is 66.1 Å². The summed E-state index contributed by atoms with van der Waals surface area (Å²) in [5, 5.41) is 36.4. The van der Waals surface area contributed by atoms with Gasteiger partial charge in [0.25, 0.3) is 0 Å². The molecule has 0 saturated heterocycles. The first-order chi connectivity index (χ1) is 11.1. The highest BCUT2D eigenvalue weighted by Crippen LogP contribution is 1.98. The molecule has 9 nitrogen and oxygen atoms in total. The largest absolute Gasteiger partial charge is 0.394 e. The van der Waals surface area contributed by atoms with E-state index < -0.39 is 18.3 Å². The van der Waals surface area contributed by atoms with Crippen LogP contribution in [0.5, 0.6) is 0 Å². The smallest absolute Gasteiger partial charge is 0.104 e. The molecule has 0 bridgehead atoms. The van der Waals surface area contributed by atoms with Crippen molar-refractivity contribution in [3.8, 4) is 0 Å². The Kier molecular flexibility index (Phi) is 16.2. The second-order valence-electron chi connectivity index (χ2n) is 4.85. The van der Waals surface area contributed by atoms with Crippen LogP contribution in [0.25, 0.3) is 0 Å². The van der Waals surface area contributed by atoms with E-state index in [4.69, 9.17) is 33.9 Å². The Bertz CT molecular complexity index is 242. The van der Waals surface area contributed by atoms with E-state index in [1.165, 1.54) is 7.11 Å². The standard InChI is InChI=1S/C14H30O9/c1-19-6-12(17)7-21-8-13(18)9-22-11-14(23-5-3-16)10-20-4-2-15/h12-18H,2-11H2,1H3. The van der Waals surface area contributed by atoms with Crippen molar-refractivity contribution >= 4 is 0 Å². The Hall–Kier alpha value is -0.360. The molecular formula is C14H30O9. The lowest BCUT2D eigenvalue weighted by Crippen LogP contribution is -2.31. The lowest BCUT2D eigenvalue weighted by atomic mass is 10.3. The molecule has 23 heavy (non-hydrogen) atoms. The third-order valence-electron chi connectivity index (χ3n) is 2.58. The number of aliphatic hydroxyl groups is 4. The fourth-order valence-electron chi connectivity index (χ4n) is 1.61. The zero-order chi connectivity index (χ0) is 17.3. The molecule has 0 heterocycles. The van der Waals surface area contributed by atoms with Crippen molar-refractivity contribution in [2.75, 3.05) is 73.2 Å². The van der Waals surface area contributed by atoms with Crippen molar-refractivity contribution in [2.45, 2.75) is 18.3 Å². The lowest BCUT2D eigenvalue weighted by Gasteiger charge is -2.19. The molecule has 0 amide bonds. The Morgan fingerprint density at radius 1 is 0.696 bits per heavy atom. The van der Waals surface area contributed by atoms with Crippen LogP contribution in [0.2, 0.25) is 0 Å². The monoisotopic (exact) mass is 342 g/mol. The molecule has 3 unspecified atom stereocenters. The Labute approximate surface area is 136 Å². The van der Waals surface area contributed by atoms with Crippen LogP contribution in [0.4, 0.5) is 0 Å². The Morgan fingerprint density at radius 3 is 1.78 bits per heavy atom. The molecule has 0 aromatic rings. The molecule has 140 valence electrons. The summed E-state index contributed by atoms with van der Waals surface area (Å²) in [5.41, 5.74) is 0. The molecule has 3 atom stereocenters. The first-order valence-corrected chi connectivity index (χ1v) is 7.55. The fourth-order valence-corrected chi connectivity index (χ4v) is 1.61. The van der Waals surface area contributed by atoms with Crippen LogP contribution < -0.4 is 0 Å². The molecule has 0 saturated carbocycles. The molecule has 0 aliphatic heterocycles. The first kappa shape index (κ1) is 22.6. The number of ether oxygens (including phenoxy) is 5. The average Bonchev–Trinajstić information content (AvgIpc) is 2.52. The fraction of sp³-hybridized carbons (Fsp3) is 1.00. The Morgan fingerprint density at radius 2 is 1.22 bits per heavy atom. The summed E-state index contributed by atoms with van der Waals surface area (Å²) >= 11 is 0. The number of aliphatic hydroxyl groups excluding tert-OH is 4. The van der Waals surface area contributed by atoms with Crippen LogP contribution in [0.1, 0.15) is 0 Å². The summed E-state index contributed by atoms with van der Waals surface area (Å²) in [4.78, 5) is 0. The minimum Gasteiger partial charge on any atom is -0.394 e. The van der Waals surface area contributed by atoms with E-state index in [9.17, 15) is 10.2 Å². The van der Waals surface area contributed by atoms with E-state index in [2.05, 4.69) is 0 Å². The van der Waals surface area contributed by atoms with Crippen molar-refractivity contribution < 1.29 is 44.1 Å². The van der Waals surface area contributed by atoms with Gasteiger partial charge in [0.15, 0.2) is 0 Å². The molecule has 0 radical (unpaired) electrons. The number of methoxy groups -OCH3 is 1. The predicted molar refractivity (Wildman–Crippen MR) is 80.3 cm³/mol. The maximum absolute atomic E-state index is 9.69. The van der Waals surface area contributed by atoms with Crippen molar-refractivity contribution in [3.63, 3.8) is 0 Å². The molecular weight excluding hydrogens is 312 g/mol. The van der Waals surface area contributed by atoms with Gasteiger partial charge in [-0.05, 0) is 0 Å². The van der Waals surface area contributed by atoms with Gasteiger partial charge in [-0.1, -0.05) is 0 Å². The highest BCUT2D eigenvalue weighted by molar-refractivity contribution is 4.59. The summed E-state index contributed by atoms with van der Waals surface area (Å²) in [6.45, 7) is 0.856. The van der Waals surface area contributed by atoms with Gasteiger partial charge in [0.2, 0.25) is 0 Å². The quantitative estimate of drug-likeness (QED) is 0.217. The van der Waals surface area contributed by atoms with Gasteiger partial charge in [-0.2, -0.15) is 0 Å². The molecule has 4 N–H and O–H groups in total. The van der Waals surface area contributed by atoms with Crippen molar-refractivity contribution in [1.29, 1.82) is 0 Å². The molecule has 0 spiro atoms. The van der Waals surface area contributed by atoms with E-state index >= 15 is 0 Å². The SMILES string of the molecule is COCC(O)COCC(O)COCC(COCCO)OCCO. The molecule has 0 aliphatic carbocycles. The zero-order valence-corrected chi connectivity index (χ0v) is 13.6. The zero-order valence-electron chi connectivity index (χ0n) is 13.6. The summed E-state index contributed by atoms with van der Waals surface area (Å²) in [6.07, 6.45) is -1.96. The van der Waals surface area contributed by atoms with Gasteiger partial charge in [-0.15, -0.1) is 0 Å². The second kappa shape index (κ2) is 16.5. The Balaban J connectivity index is 3.74. The highest BCUT2D eigenvalue weighted by Gasteiger charge is 2.12. The molecule has 0 rings (SSSR count). The van der Waals surface area contributed by atoms with E-state index in [1.54, 1.807) is 0 Å². The second-order valence-corrected chi connectivity index (χ2v) is 4.85. The minimum absolute atomic E-state index is 0.0317. The van der Waals surface area contributed by atoms with Crippen molar-refractivity contribution in [1.82, 2.24) is 0 Å². The van der Waals surface area contributed by atoms with Crippen LogP contribution >= 0.6 is 0 Å². The van der Waals surface area contributed by atoms with Gasteiger partial charge in [-0.25, -0.2) is 0 Å². The van der Waals surface area contributed by atoms with Crippen LogP contribution in [-0.2, 0) is 23.7 Å². The third kappa shape index (κ3) is 14.9. The number of rotatable bonds is 17. The highest BCUT2D eigenvalue weighted by atomic mass is 16.6. The molecule has 0 aliphatic rings.